The lowest BCUT2D eigenvalue weighted by atomic mass is 9.86. The first-order valence-electron chi connectivity index (χ1n) is 6.80. The molecule has 21 heavy (non-hydrogen) atoms. The van der Waals surface area contributed by atoms with Crippen molar-refractivity contribution in [3.05, 3.63) is 29.9 Å². The zero-order valence-corrected chi connectivity index (χ0v) is 13.2. The summed E-state index contributed by atoms with van der Waals surface area (Å²) < 4.78 is 1.89. The van der Waals surface area contributed by atoms with Gasteiger partial charge in [0, 0.05) is 30.1 Å². The van der Waals surface area contributed by atoms with Gasteiger partial charge in [-0.2, -0.15) is 0 Å². The smallest absolute Gasteiger partial charge is 0.331 e. The number of carboxylic acids is 1. The number of imidazole rings is 1. The van der Waals surface area contributed by atoms with Crippen LogP contribution in [0.3, 0.4) is 0 Å². The topological polar surface area (TPSA) is 84.2 Å². The van der Waals surface area contributed by atoms with E-state index in [1.54, 1.807) is 12.5 Å². The summed E-state index contributed by atoms with van der Waals surface area (Å²) in [4.78, 5) is 27.1. The fraction of sp³-hybridized carbons (Fsp3) is 0.533. The van der Waals surface area contributed by atoms with Crippen molar-refractivity contribution >= 4 is 11.9 Å². The van der Waals surface area contributed by atoms with Crippen molar-refractivity contribution in [2.24, 2.45) is 5.41 Å². The third-order valence-electron chi connectivity index (χ3n) is 3.53. The Hall–Kier alpha value is -2.11. The number of carboxylic acid groups (broad SMARTS) is 1. The van der Waals surface area contributed by atoms with Crippen molar-refractivity contribution in [1.29, 1.82) is 0 Å². The molecule has 1 aromatic rings. The van der Waals surface area contributed by atoms with Crippen LogP contribution in [0.5, 0.6) is 0 Å². The van der Waals surface area contributed by atoms with Crippen LogP contribution in [-0.4, -0.2) is 32.6 Å². The molecule has 6 nitrogen and oxygen atoms in total. The molecular formula is C15H23N3O3. The summed E-state index contributed by atoms with van der Waals surface area (Å²) in [5.41, 5.74) is 0.113. The average Bonchev–Trinajstić information content (AvgIpc) is 2.87. The number of aliphatic carboxylic acids is 1. The predicted octanol–water partition coefficient (Wildman–Crippen LogP) is 1.83. The number of carbonyl (C=O) groups excluding carboxylic acids is 1. The minimum atomic E-state index is -1.08. The van der Waals surface area contributed by atoms with Gasteiger partial charge in [0.25, 0.3) is 0 Å². The molecule has 1 amide bonds. The second kappa shape index (κ2) is 6.56. The number of nitrogens with zero attached hydrogens (tertiary/aromatic N) is 2. The number of nitrogens with one attached hydrogen (secondary N) is 1. The molecule has 0 radical (unpaired) electrons. The molecule has 0 saturated heterocycles. The zero-order valence-electron chi connectivity index (χ0n) is 13.2. The van der Waals surface area contributed by atoms with Crippen molar-refractivity contribution in [1.82, 2.24) is 14.9 Å². The highest BCUT2D eigenvalue weighted by Crippen LogP contribution is 2.21. The Labute approximate surface area is 124 Å². The molecule has 1 heterocycles. The first-order chi connectivity index (χ1) is 9.62. The number of rotatable bonds is 5. The van der Waals surface area contributed by atoms with Crippen molar-refractivity contribution in [3.8, 4) is 0 Å². The van der Waals surface area contributed by atoms with Crippen LogP contribution in [0.1, 0.15) is 34.6 Å². The van der Waals surface area contributed by atoms with Crippen LogP contribution in [-0.2, 0) is 16.1 Å². The molecule has 0 fully saturated rings. The second-order valence-corrected chi connectivity index (χ2v) is 6.21. The van der Waals surface area contributed by atoms with E-state index in [-0.39, 0.29) is 28.5 Å². The number of aromatic nitrogens is 2. The summed E-state index contributed by atoms with van der Waals surface area (Å²) in [5, 5.41) is 11.9. The molecular weight excluding hydrogens is 270 g/mol. The number of hydrogen-bond donors (Lipinski definition) is 2. The lowest BCUT2D eigenvalue weighted by molar-refractivity contribution is -0.133. The van der Waals surface area contributed by atoms with Crippen LogP contribution < -0.4 is 5.32 Å². The molecule has 0 aliphatic carbocycles. The van der Waals surface area contributed by atoms with Gasteiger partial charge in [-0.3, -0.25) is 4.79 Å². The van der Waals surface area contributed by atoms with E-state index >= 15 is 0 Å². The van der Waals surface area contributed by atoms with Gasteiger partial charge in [-0.1, -0.05) is 20.8 Å². The monoisotopic (exact) mass is 293 g/mol. The summed E-state index contributed by atoms with van der Waals surface area (Å²) in [6, 6.07) is -0.143. The lowest BCUT2D eigenvalue weighted by Crippen LogP contribution is -2.46. The van der Waals surface area contributed by atoms with E-state index in [0.717, 1.165) is 0 Å². The average molecular weight is 293 g/mol. The predicted molar refractivity (Wildman–Crippen MR) is 79.6 cm³/mol. The summed E-state index contributed by atoms with van der Waals surface area (Å²) in [7, 11) is 0. The Bertz CT molecular complexity index is 539. The SMILES string of the molecule is CC(C(=O)O)=C(C)C(=O)NC(Cn1ccnc1)C(C)(C)C. The van der Waals surface area contributed by atoms with E-state index in [1.807, 2.05) is 31.5 Å². The van der Waals surface area contributed by atoms with Gasteiger partial charge in [-0.25, -0.2) is 9.78 Å². The summed E-state index contributed by atoms with van der Waals surface area (Å²) in [6.45, 7) is 9.61. The van der Waals surface area contributed by atoms with E-state index in [1.165, 1.54) is 13.8 Å². The first kappa shape index (κ1) is 16.9. The highest BCUT2D eigenvalue weighted by Gasteiger charge is 2.27. The van der Waals surface area contributed by atoms with Gasteiger partial charge < -0.3 is 15.0 Å². The zero-order chi connectivity index (χ0) is 16.2. The molecule has 0 bridgehead atoms. The van der Waals surface area contributed by atoms with Crippen LogP contribution in [0.2, 0.25) is 0 Å². The van der Waals surface area contributed by atoms with E-state index in [2.05, 4.69) is 10.3 Å². The van der Waals surface area contributed by atoms with Crippen LogP contribution in [0.4, 0.5) is 0 Å². The maximum absolute atomic E-state index is 12.2. The van der Waals surface area contributed by atoms with E-state index in [0.29, 0.717) is 6.54 Å². The Morgan fingerprint density at radius 3 is 2.33 bits per heavy atom. The van der Waals surface area contributed by atoms with Gasteiger partial charge in [-0.15, -0.1) is 0 Å². The lowest BCUT2D eigenvalue weighted by Gasteiger charge is -2.32. The fourth-order valence-electron chi connectivity index (χ4n) is 1.74. The summed E-state index contributed by atoms with van der Waals surface area (Å²) >= 11 is 0. The molecule has 1 aromatic heterocycles. The maximum atomic E-state index is 12.2. The fourth-order valence-corrected chi connectivity index (χ4v) is 1.74. The third-order valence-corrected chi connectivity index (χ3v) is 3.53. The van der Waals surface area contributed by atoms with E-state index < -0.39 is 5.97 Å². The largest absolute Gasteiger partial charge is 0.478 e. The molecule has 0 spiro atoms. The van der Waals surface area contributed by atoms with Crippen LogP contribution in [0.25, 0.3) is 0 Å². The van der Waals surface area contributed by atoms with Crippen molar-refractivity contribution in [3.63, 3.8) is 0 Å². The minimum absolute atomic E-state index is 0.0581. The quantitative estimate of drug-likeness (QED) is 0.811. The molecule has 116 valence electrons. The van der Waals surface area contributed by atoms with Crippen LogP contribution in [0, 0.1) is 5.41 Å². The summed E-state index contributed by atoms with van der Waals surface area (Å²) in [6.07, 6.45) is 5.20. The molecule has 1 unspecified atom stereocenters. The Morgan fingerprint density at radius 1 is 1.29 bits per heavy atom. The van der Waals surface area contributed by atoms with E-state index in [9.17, 15) is 9.59 Å². The number of amides is 1. The maximum Gasteiger partial charge on any atom is 0.331 e. The molecule has 1 rings (SSSR count). The normalized spacial score (nSPS) is 14.3. The van der Waals surface area contributed by atoms with Gasteiger partial charge in [0.15, 0.2) is 0 Å². The number of hydrogen-bond acceptors (Lipinski definition) is 3. The Kier molecular flexibility index (Phi) is 5.29. The highest BCUT2D eigenvalue weighted by molar-refractivity contribution is 6.01. The van der Waals surface area contributed by atoms with Gasteiger partial charge in [0.05, 0.1) is 12.4 Å². The molecule has 0 aliphatic rings. The molecule has 0 aliphatic heterocycles. The van der Waals surface area contributed by atoms with Crippen LogP contribution >= 0.6 is 0 Å². The van der Waals surface area contributed by atoms with Gasteiger partial charge in [0.1, 0.15) is 0 Å². The summed E-state index contributed by atoms with van der Waals surface area (Å²) in [5.74, 6) is -1.43. The van der Waals surface area contributed by atoms with Gasteiger partial charge in [0.2, 0.25) is 5.91 Å². The van der Waals surface area contributed by atoms with Crippen molar-refractivity contribution in [2.75, 3.05) is 0 Å². The second-order valence-electron chi connectivity index (χ2n) is 6.21. The third kappa shape index (κ3) is 4.73. The van der Waals surface area contributed by atoms with Gasteiger partial charge >= 0.3 is 5.97 Å². The van der Waals surface area contributed by atoms with Gasteiger partial charge in [-0.05, 0) is 19.3 Å². The molecule has 2 N–H and O–H groups in total. The number of carbonyl (C=O) groups is 2. The van der Waals surface area contributed by atoms with Crippen LogP contribution in [0.15, 0.2) is 29.9 Å². The highest BCUT2D eigenvalue weighted by atomic mass is 16.4. The van der Waals surface area contributed by atoms with E-state index in [4.69, 9.17) is 5.11 Å². The molecule has 1 atom stereocenters. The molecule has 0 aromatic carbocycles. The Balaban J connectivity index is 2.90. The van der Waals surface area contributed by atoms with Crippen molar-refractivity contribution < 1.29 is 14.7 Å². The molecule has 6 heteroatoms. The first-order valence-corrected chi connectivity index (χ1v) is 6.80. The Morgan fingerprint density at radius 2 is 1.90 bits per heavy atom. The minimum Gasteiger partial charge on any atom is -0.478 e. The molecule has 0 saturated carbocycles. The van der Waals surface area contributed by atoms with Crippen molar-refractivity contribution in [2.45, 2.75) is 47.2 Å². The standard InChI is InChI=1S/C15H23N3O3/c1-10(11(2)14(20)21)13(19)17-12(15(3,4)5)8-18-7-6-16-9-18/h6-7,9,12H,8H2,1-5H3,(H,17,19)(H,20,21).